The summed E-state index contributed by atoms with van der Waals surface area (Å²) in [4.78, 5) is 0. The van der Waals surface area contributed by atoms with Gasteiger partial charge in [-0.3, -0.25) is 0 Å². The van der Waals surface area contributed by atoms with Gasteiger partial charge in [0.05, 0.1) is 17.1 Å². The van der Waals surface area contributed by atoms with Crippen molar-refractivity contribution in [3.05, 3.63) is 29.3 Å². The fourth-order valence-electron chi connectivity index (χ4n) is 2.73. The predicted molar refractivity (Wildman–Crippen MR) is 79.2 cm³/mol. The third kappa shape index (κ3) is 2.40. The van der Waals surface area contributed by atoms with Gasteiger partial charge in [-0.05, 0) is 45.6 Å². The smallest absolute Gasteiger partial charge is 0.399 e. The number of halogens is 2. The summed E-state index contributed by atoms with van der Waals surface area (Å²) in [6.45, 7) is 9.93. The van der Waals surface area contributed by atoms with Crippen molar-refractivity contribution >= 4 is 12.6 Å². The lowest BCUT2D eigenvalue weighted by molar-refractivity contribution is 0.00578. The van der Waals surface area contributed by atoms with E-state index in [2.05, 4.69) is 0 Å². The molecule has 2 aliphatic rings. The molecule has 1 aliphatic carbocycles. The molecular formula is C16H21BF2O2. The van der Waals surface area contributed by atoms with E-state index < -0.39 is 30.2 Å². The molecule has 1 saturated carbocycles. The normalized spacial score (nSPS) is 28.7. The Balaban J connectivity index is 1.85. The summed E-state index contributed by atoms with van der Waals surface area (Å²) in [6.07, 6.45) is -0.0394. The molecule has 21 heavy (non-hydrogen) atoms. The number of hydrogen-bond donors (Lipinski definition) is 0. The van der Waals surface area contributed by atoms with Gasteiger partial charge in [-0.25, -0.2) is 8.78 Å². The highest BCUT2D eigenvalue weighted by molar-refractivity contribution is 6.62. The molecule has 0 spiro atoms. The Kier molecular flexibility index (Phi) is 3.06. The highest BCUT2D eigenvalue weighted by Crippen LogP contribution is 2.55. The van der Waals surface area contributed by atoms with E-state index in [0.717, 1.165) is 11.0 Å². The largest absolute Gasteiger partial charge is 0.495 e. The van der Waals surface area contributed by atoms with Crippen LogP contribution in [-0.2, 0) is 9.31 Å². The Hall–Kier alpha value is -0.935. The minimum atomic E-state index is -2.53. The van der Waals surface area contributed by atoms with Gasteiger partial charge in [-0.15, -0.1) is 0 Å². The molecule has 1 aromatic rings. The van der Waals surface area contributed by atoms with Gasteiger partial charge in [0.2, 0.25) is 0 Å². The summed E-state index contributed by atoms with van der Waals surface area (Å²) in [7, 11) is -0.441. The maximum Gasteiger partial charge on any atom is 0.495 e. The monoisotopic (exact) mass is 294 g/mol. The summed E-state index contributed by atoms with van der Waals surface area (Å²) in [5, 5.41) is 0. The molecule has 0 amide bonds. The lowest BCUT2D eigenvalue weighted by Gasteiger charge is -2.32. The Morgan fingerprint density at radius 2 is 1.62 bits per heavy atom. The van der Waals surface area contributed by atoms with Crippen molar-refractivity contribution in [2.24, 2.45) is 0 Å². The second kappa shape index (κ2) is 4.29. The molecule has 1 atom stereocenters. The van der Waals surface area contributed by atoms with Gasteiger partial charge in [0.1, 0.15) is 0 Å². The van der Waals surface area contributed by atoms with Gasteiger partial charge < -0.3 is 9.31 Å². The van der Waals surface area contributed by atoms with Crippen LogP contribution >= 0.6 is 0 Å². The van der Waals surface area contributed by atoms with E-state index in [1.807, 2.05) is 46.8 Å². The third-order valence-corrected chi connectivity index (χ3v) is 5.03. The van der Waals surface area contributed by atoms with E-state index in [0.29, 0.717) is 5.56 Å². The summed E-state index contributed by atoms with van der Waals surface area (Å²) in [5.74, 6) is -3.15. The van der Waals surface area contributed by atoms with Crippen LogP contribution in [-0.4, -0.2) is 24.2 Å². The minimum absolute atomic E-state index is 0.0394. The first-order valence-electron chi connectivity index (χ1n) is 7.37. The second-order valence-corrected chi connectivity index (χ2v) is 7.22. The molecule has 1 unspecified atom stereocenters. The first kappa shape index (κ1) is 15.0. The number of hydrogen-bond acceptors (Lipinski definition) is 2. The lowest BCUT2D eigenvalue weighted by atomic mass is 9.75. The molecular weight excluding hydrogens is 273 g/mol. The van der Waals surface area contributed by atoms with Gasteiger partial charge >= 0.3 is 7.12 Å². The molecule has 1 saturated heterocycles. The Morgan fingerprint density at radius 1 is 1.10 bits per heavy atom. The number of rotatable bonds is 2. The molecule has 5 heteroatoms. The third-order valence-electron chi connectivity index (χ3n) is 5.03. The standard InChI is InChI=1S/C16H21BF2O2/c1-10-8-11(12-9-16(12,18)19)6-7-13(10)17-20-14(2,3)15(4,5)21-17/h6-8,12H,9H2,1-5H3. The number of alkyl halides is 2. The Labute approximate surface area is 125 Å². The first-order chi connectivity index (χ1) is 9.53. The SMILES string of the molecule is Cc1cc(C2CC2(F)F)ccc1B1OC(C)(C)C(C)(C)O1. The fourth-order valence-corrected chi connectivity index (χ4v) is 2.73. The van der Waals surface area contributed by atoms with Crippen LogP contribution in [0.3, 0.4) is 0 Å². The Bertz CT molecular complexity index is 568. The zero-order valence-corrected chi connectivity index (χ0v) is 13.2. The van der Waals surface area contributed by atoms with Gasteiger partial charge in [-0.1, -0.05) is 23.8 Å². The predicted octanol–water partition coefficient (Wildman–Crippen LogP) is 3.42. The van der Waals surface area contributed by atoms with Crippen LogP contribution in [0.4, 0.5) is 8.78 Å². The molecule has 1 heterocycles. The second-order valence-electron chi connectivity index (χ2n) is 7.22. The maximum absolute atomic E-state index is 13.2. The topological polar surface area (TPSA) is 18.5 Å². The van der Waals surface area contributed by atoms with Crippen LogP contribution in [0.2, 0.25) is 0 Å². The average Bonchev–Trinajstić information content (AvgIpc) is 2.89. The molecule has 114 valence electrons. The minimum Gasteiger partial charge on any atom is -0.399 e. The van der Waals surface area contributed by atoms with Crippen molar-refractivity contribution in [3.63, 3.8) is 0 Å². The van der Waals surface area contributed by atoms with Crippen molar-refractivity contribution < 1.29 is 18.1 Å². The van der Waals surface area contributed by atoms with Crippen molar-refractivity contribution in [1.29, 1.82) is 0 Å². The average molecular weight is 294 g/mol. The van der Waals surface area contributed by atoms with E-state index in [-0.39, 0.29) is 6.42 Å². The van der Waals surface area contributed by atoms with E-state index in [1.54, 1.807) is 6.07 Å². The fraction of sp³-hybridized carbons (Fsp3) is 0.625. The summed E-state index contributed by atoms with van der Waals surface area (Å²) in [5.41, 5.74) is 1.77. The molecule has 0 N–H and O–H groups in total. The van der Waals surface area contributed by atoms with Crippen molar-refractivity contribution in [1.82, 2.24) is 0 Å². The first-order valence-corrected chi connectivity index (χ1v) is 7.37. The van der Waals surface area contributed by atoms with Gasteiger partial charge in [0.15, 0.2) is 0 Å². The van der Waals surface area contributed by atoms with Crippen molar-refractivity contribution in [2.45, 2.75) is 64.1 Å². The van der Waals surface area contributed by atoms with Gasteiger partial charge in [0.25, 0.3) is 5.92 Å². The summed E-state index contributed by atoms with van der Waals surface area (Å²) in [6, 6.07) is 5.48. The molecule has 0 bridgehead atoms. The molecule has 0 radical (unpaired) electrons. The summed E-state index contributed by atoms with van der Waals surface area (Å²) < 4.78 is 38.4. The molecule has 3 rings (SSSR count). The molecule has 2 fully saturated rings. The Morgan fingerprint density at radius 3 is 2.05 bits per heavy atom. The molecule has 1 aromatic carbocycles. The summed E-state index contributed by atoms with van der Waals surface area (Å²) >= 11 is 0. The van der Waals surface area contributed by atoms with E-state index >= 15 is 0 Å². The van der Waals surface area contributed by atoms with Crippen LogP contribution in [0.15, 0.2) is 18.2 Å². The molecule has 2 nitrogen and oxygen atoms in total. The molecule has 0 aromatic heterocycles. The van der Waals surface area contributed by atoms with Crippen LogP contribution < -0.4 is 5.46 Å². The zero-order valence-electron chi connectivity index (χ0n) is 13.2. The maximum atomic E-state index is 13.2. The van der Waals surface area contributed by atoms with Crippen molar-refractivity contribution in [3.8, 4) is 0 Å². The highest BCUT2D eigenvalue weighted by Gasteiger charge is 2.57. The van der Waals surface area contributed by atoms with Crippen molar-refractivity contribution in [2.75, 3.05) is 0 Å². The van der Waals surface area contributed by atoms with Crippen LogP contribution in [0.5, 0.6) is 0 Å². The zero-order chi connectivity index (χ0) is 15.6. The molecule has 1 aliphatic heterocycles. The van der Waals surface area contributed by atoms with E-state index in [9.17, 15) is 8.78 Å². The van der Waals surface area contributed by atoms with Gasteiger partial charge in [-0.2, -0.15) is 0 Å². The van der Waals surface area contributed by atoms with E-state index in [4.69, 9.17) is 9.31 Å². The number of aryl methyl sites for hydroxylation is 1. The number of benzene rings is 1. The quantitative estimate of drug-likeness (QED) is 0.778. The van der Waals surface area contributed by atoms with Crippen LogP contribution in [0.1, 0.15) is 51.2 Å². The van der Waals surface area contributed by atoms with Gasteiger partial charge in [0, 0.05) is 6.42 Å². The highest BCUT2D eigenvalue weighted by atomic mass is 19.3. The van der Waals surface area contributed by atoms with E-state index in [1.165, 1.54) is 0 Å². The lowest BCUT2D eigenvalue weighted by Crippen LogP contribution is -2.41. The van der Waals surface area contributed by atoms with Crippen LogP contribution in [0, 0.1) is 6.92 Å². The van der Waals surface area contributed by atoms with Crippen LogP contribution in [0.25, 0.3) is 0 Å².